The summed E-state index contributed by atoms with van der Waals surface area (Å²) in [5, 5.41) is 2.99. The van der Waals surface area contributed by atoms with Crippen molar-refractivity contribution in [2.45, 2.75) is 33.4 Å². The van der Waals surface area contributed by atoms with Crippen molar-refractivity contribution in [2.75, 3.05) is 31.1 Å². The van der Waals surface area contributed by atoms with Crippen LogP contribution in [0.2, 0.25) is 0 Å². The van der Waals surface area contributed by atoms with E-state index in [1.165, 1.54) is 11.1 Å². The van der Waals surface area contributed by atoms with Gasteiger partial charge in [-0.15, -0.1) is 0 Å². The van der Waals surface area contributed by atoms with Gasteiger partial charge < -0.3 is 10.2 Å². The fourth-order valence-electron chi connectivity index (χ4n) is 3.92. The van der Waals surface area contributed by atoms with Crippen molar-refractivity contribution in [3.63, 3.8) is 0 Å². The molecular weight excluding hydrogens is 398 g/mol. The molecule has 4 rings (SSSR count). The Morgan fingerprint density at radius 2 is 1.69 bits per heavy atom. The molecule has 1 aromatic heterocycles. The highest BCUT2D eigenvalue weighted by molar-refractivity contribution is 5.99. The Bertz CT molecular complexity index is 1040. The van der Waals surface area contributed by atoms with E-state index in [0.717, 1.165) is 38.3 Å². The molecule has 1 saturated heterocycles. The van der Waals surface area contributed by atoms with E-state index in [1.54, 1.807) is 6.20 Å². The molecule has 0 bridgehead atoms. The van der Waals surface area contributed by atoms with E-state index in [2.05, 4.69) is 63.4 Å². The molecule has 0 radical (unpaired) electrons. The van der Waals surface area contributed by atoms with Crippen molar-refractivity contribution in [3.05, 3.63) is 77.5 Å². The minimum atomic E-state index is -0.128. The zero-order valence-electron chi connectivity index (χ0n) is 19.1. The van der Waals surface area contributed by atoms with Gasteiger partial charge in [0.2, 0.25) is 0 Å². The van der Waals surface area contributed by atoms with Crippen LogP contribution in [-0.4, -0.2) is 53.0 Å². The number of carbonyl (C=O) groups is 1. The smallest absolute Gasteiger partial charge is 0.256 e. The first kappa shape index (κ1) is 22.0. The fourth-order valence-corrected chi connectivity index (χ4v) is 3.92. The van der Waals surface area contributed by atoms with Gasteiger partial charge in [-0.05, 0) is 26.3 Å². The molecule has 1 fully saturated rings. The molecule has 1 aliphatic heterocycles. The standard InChI is InChI=1S/C26H31N5O/c1-19(2)28-26(32)23-17-27-24(22-11-9-20(3)10-12-22)29-25(23)31-15-13-30(14-16-31)18-21-7-5-4-6-8-21/h4-12,17,19H,13-16,18H2,1-3H3,(H,28,32). The zero-order chi connectivity index (χ0) is 22.5. The van der Waals surface area contributed by atoms with Crippen molar-refractivity contribution >= 4 is 11.7 Å². The number of benzene rings is 2. The lowest BCUT2D eigenvalue weighted by molar-refractivity contribution is 0.0942. The molecule has 1 amide bonds. The quantitative estimate of drug-likeness (QED) is 0.644. The largest absolute Gasteiger partial charge is 0.353 e. The summed E-state index contributed by atoms with van der Waals surface area (Å²) in [5.41, 5.74) is 4.00. The van der Waals surface area contributed by atoms with Crippen molar-refractivity contribution in [1.82, 2.24) is 20.2 Å². The highest BCUT2D eigenvalue weighted by atomic mass is 16.1. The molecule has 32 heavy (non-hydrogen) atoms. The lowest BCUT2D eigenvalue weighted by Crippen LogP contribution is -2.47. The third kappa shape index (κ3) is 5.32. The van der Waals surface area contributed by atoms with Crippen molar-refractivity contribution < 1.29 is 4.79 Å². The molecule has 166 valence electrons. The van der Waals surface area contributed by atoms with Crippen LogP contribution in [0, 0.1) is 6.92 Å². The maximum Gasteiger partial charge on any atom is 0.256 e. The summed E-state index contributed by atoms with van der Waals surface area (Å²) >= 11 is 0. The van der Waals surface area contributed by atoms with E-state index in [0.29, 0.717) is 17.2 Å². The number of aryl methyl sites for hydroxylation is 1. The van der Waals surface area contributed by atoms with Crippen LogP contribution in [0.4, 0.5) is 5.82 Å². The molecule has 0 unspecified atom stereocenters. The molecule has 0 saturated carbocycles. The molecule has 0 atom stereocenters. The summed E-state index contributed by atoms with van der Waals surface area (Å²) in [6.45, 7) is 10.4. The summed E-state index contributed by atoms with van der Waals surface area (Å²) in [7, 11) is 0. The summed E-state index contributed by atoms with van der Waals surface area (Å²) in [6.07, 6.45) is 1.67. The average Bonchev–Trinajstić information content (AvgIpc) is 2.80. The van der Waals surface area contributed by atoms with Crippen molar-refractivity contribution in [2.24, 2.45) is 0 Å². The van der Waals surface area contributed by atoms with E-state index in [4.69, 9.17) is 4.98 Å². The number of nitrogens with one attached hydrogen (secondary N) is 1. The fraction of sp³-hybridized carbons (Fsp3) is 0.346. The van der Waals surface area contributed by atoms with E-state index in [1.807, 2.05) is 32.0 Å². The lowest BCUT2D eigenvalue weighted by Gasteiger charge is -2.36. The molecule has 0 aliphatic carbocycles. The third-order valence-corrected chi connectivity index (χ3v) is 5.66. The van der Waals surface area contributed by atoms with Gasteiger partial charge in [-0.2, -0.15) is 0 Å². The molecule has 2 heterocycles. The van der Waals surface area contributed by atoms with E-state index < -0.39 is 0 Å². The Hall–Kier alpha value is -3.25. The topological polar surface area (TPSA) is 61.4 Å². The minimum absolute atomic E-state index is 0.0508. The van der Waals surface area contributed by atoms with Gasteiger partial charge in [0.05, 0.1) is 0 Å². The molecule has 6 heteroatoms. The molecule has 1 aliphatic rings. The predicted octanol–water partition coefficient (Wildman–Crippen LogP) is 3.91. The van der Waals surface area contributed by atoms with Crippen LogP contribution in [0.15, 0.2) is 60.8 Å². The second kappa shape index (κ2) is 9.92. The number of piperazine rings is 1. The number of amides is 1. The molecule has 3 aromatic rings. The first-order chi connectivity index (χ1) is 15.5. The van der Waals surface area contributed by atoms with Gasteiger partial charge in [0, 0.05) is 50.5 Å². The molecule has 1 N–H and O–H groups in total. The Labute approximate surface area is 190 Å². The molecule has 0 spiro atoms. The normalized spacial score (nSPS) is 14.6. The number of hydrogen-bond donors (Lipinski definition) is 1. The lowest BCUT2D eigenvalue weighted by atomic mass is 10.1. The van der Waals surface area contributed by atoms with Crippen molar-refractivity contribution in [3.8, 4) is 11.4 Å². The molecule has 2 aromatic carbocycles. The van der Waals surface area contributed by atoms with Gasteiger partial charge in [0.15, 0.2) is 5.82 Å². The number of rotatable bonds is 6. The summed E-state index contributed by atoms with van der Waals surface area (Å²) in [5.74, 6) is 1.23. The Morgan fingerprint density at radius 1 is 1.00 bits per heavy atom. The number of anilines is 1. The maximum absolute atomic E-state index is 12.9. The van der Waals surface area contributed by atoms with Gasteiger partial charge in [-0.25, -0.2) is 9.97 Å². The van der Waals surface area contributed by atoms with Crippen LogP contribution in [0.5, 0.6) is 0 Å². The second-order valence-corrected chi connectivity index (χ2v) is 8.67. The highest BCUT2D eigenvalue weighted by Crippen LogP contribution is 2.24. The summed E-state index contributed by atoms with van der Waals surface area (Å²) in [6, 6.07) is 18.8. The van der Waals surface area contributed by atoms with Crippen LogP contribution in [0.1, 0.15) is 35.3 Å². The Kier molecular flexibility index (Phi) is 6.81. The summed E-state index contributed by atoms with van der Waals surface area (Å²) in [4.78, 5) is 26.9. The monoisotopic (exact) mass is 429 g/mol. The number of nitrogens with zero attached hydrogens (tertiary/aromatic N) is 4. The Morgan fingerprint density at radius 3 is 2.34 bits per heavy atom. The van der Waals surface area contributed by atoms with Gasteiger partial charge in [0.25, 0.3) is 5.91 Å². The predicted molar refractivity (Wildman–Crippen MR) is 129 cm³/mol. The number of carbonyl (C=O) groups excluding carboxylic acids is 1. The minimum Gasteiger partial charge on any atom is -0.353 e. The van der Waals surface area contributed by atoms with Crippen LogP contribution in [-0.2, 0) is 6.54 Å². The van der Waals surface area contributed by atoms with Crippen LogP contribution in [0.25, 0.3) is 11.4 Å². The van der Waals surface area contributed by atoms with Crippen LogP contribution < -0.4 is 10.2 Å². The second-order valence-electron chi connectivity index (χ2n) is 8.67. The maximum atomic E-state index is 12.9. The first-order valence-electron chi connectivity index (χ1n) is 11.3. The first-order valence-corrected chi connectivity index (χ1v) is 11.3. The van der Waals surface area contributed by atoms with Gasteiger partial charge >= 0.3 is 0 Å². The zero-order valence-corrected chi connectivity index (χ0v) is 19.1. The van der Waals surface area contributed by atoms with Gasteiger partial charge in [-0.1, -0.05) is 60.2 Å². The van der Waals surface area contributed by atoms with Crippen LogP contribution in [0.3, 0.4) is 0 Å². The van der Waals surface area contributed by atoms with Crippen LogP contribution >= 0.6 is 0 Å². The number of aromatic nitrogens is 2. The van der Waals surface area contributed by atoms with E-state index >= 15 is 0 Å². The van der Waals surface area contributed by atoms with Crippen molar-refractivity contribution in [1.29, 1.82) is 0 Å². The molecule has 6 nitrogen and oxygen atoms in total. The highest BCUT2D eigenvalue weighted by Gasteiger charge is 2.24. The molecular formula is C26H31N5O. The SMILES string of the molecule is Cc1ccc(-c2ncc(C(=O)NC(C)C)c(N3CCN(Cc4ccccc4)CC3)n2)cc1. The van der Waals surface area contributed by atoms with E-state index in [-0.39, 0.29) is 11.9 Å². The third-order valence-electron chi connectivity index (χ3n) is 5.66. The summed E-state index contributed by atoms with van der Waals surface area (Å²) < 4.78 is 0. The van der Waals surface area contributed by atoms with Gasteiger partial charge in [-0.3, -0.25) is 9.69 Å². The Balaban J connectivity index is 1.56. The average molecular weight is 430 g/mol. The van der Waals surface area contributed by atoms with Gasteiger partial charge in [0.1, 0.15) is 11.4 Å². The van der Waals surface area contributed by atoms with E-state index in [9.17, 15) is 4.79 Å². The number of hydrogen-bond acceptors (Lipinski definition) is 5.